The fourth-order valence-corrected chi connectivity index (χ4v) is 0. The van der Waals surface area contributed by atoms with E-state index in [0.29, 0.717) is 0 Å². The Morgan fingerprint density at radius 1 is 0.526 bits per heavy atom. The molecule has 0 heterocycles. The van der Waals surface area contributed by atoms with Crippen LogP contribution >= 0.6 is 0 Å². The maximum Gasteiger partial charge on any atom is 3.00 e. The minimum atomic E-state index is -2.44. The zero-order valence-electron chi connectivity index (χ0n) is 8.26. The minimum absolute atomic E-state index is 0. The molecule has 2 radical (unpaired) electrons. The Morgan fingerprint density at radius 3 is 0.579 bits per heavy atom. The Bertz CT molecular complexity index is 287. The van der Waals surface area contributed by atoms with Gasteiger partial charge in [0.1, 0.15) is 17.9 Å². The molecule has 0 unspecified atom stereocenters. The summed E-state index contributed by atoms with van der Waals surface area (Å²) in [6.07, 6.45) is 0. The van der Waals surface area contributed by atoms with Crippen LogP contribution in [0.5, 0.6) is 0 Å². The van der Waals surface area contributed by atoms with E-state index in [1.807, 2.05) is 0 Å². The molecule has 0 fully saturated rings. The summed E-state index contributed by atoms with van der Waals surface area (Å²) in [5.74, 6) is -6.89. The molecule has 0 bridgehead atoms. The SMILES string of the molecule is O=C([O-])C(=O)F.O=C([O-])C(=O)F.O=C([O-])C(=O)F.[Sb+3]. The third-order valence-corrected chi connectivity index (χ3v) is 0.481. The summed E-state index contributed by atoms with van der Waals surface area (Å²) >= 11 is 0. The van der Waals surface area contributed by atoms with Gasteiger partial charge in [-0.25, -0.2) is 0 Å². The van der Waals surface area contributed by atoms with Crippen molar-refractivity contribution >= 4 is 60.4 Å². The Morgan fingerprint density at radius 2 is 0.579 bits per heavy atom. The maximum atomic E-state index is 10.5. The first kappa shape index (κ1) is 25.8. The van der Waals surface area contributed by atoms with Crippen LogP contribution in [0.15, 0.2) is 0 Å². The molecule has 9 nitrogen and oxygen atoms in total. The molecular weight excluding hydrogens is 395 g/mol. The summed E-state index contributed by atoms with van der Waals surface area (Å²) in [6, 6.07) is -7.31. The number of halogens is 3. The molecule has 0 aromatic carbocycles. The quantitative estimate of drug-likeness (QED) is 0.257. The number of hydrogen-bond acceptors (Lipinski definition) is 9. The predicted molar refractivity (Wildman–Crippen MR) is 39.1 cm³/mol. The van der Waals surface area contributed by atoms with Crippen LogP contribution in [0.1, 0.15) is 0 Å². The molecule has 0 aliphatic rings. The van der Waals surface area contributed by atoms with Crippen molar-refractivity contribution in [2.75, 3.05) is 0 Å². The molecule has 13 heteroatoms. The van der Waals surface area contributed by atoms with Gasteiger partial charge in [0.2, 0.25) is 0 Å². The summed E-state index contributed by atoms with van der Waals surface area (Å²) in [5.41, 5.74) is 0. The summed E-state index contributed by atoms with van der Waals surface area (Å²) in [5, 5.41) is 26.6. The predicted octanol–water partition coefficient (Wildman–Crippen LogP) is -5.68. The van der Waals surface area contributed by atoms with Crippen molar-refractivity contribution in [2.45, 2.75) is 0 Å². The number of hydrogen-bond donors (Lipinski definition) is 0. The number of aliphatic carboxylic acids is 3. The van der Waals surface area contributed by atoms with E-state index in [9.17, 15) is 13.2 Å². The zero-order chi connectivity index (χ0) is 15.5. The second-order valence-electron chi connectivity index (χ2n) is 1.68. The van der Waals surface area contributed by atoms with Gasteiger partial charge in [0.05, 0.1) is 0 Å². The normalized spacial score (nSPS) is 7.11. The zero-order valence-corrected chi connectivity index (χ0v) is 10.8. The molecule has 0 atom stereocenters. The monoisotopic (exact) mass is 394 g/mol. The van der Waals surface area contributed by atoms with Crippen LogP contribution < -0.4 is 15.3 Å². The topological polar surface area (TPSA) is 172 Å². The van der Waals surface area contributed by atoms with Crippen molar-refractivity contribution in [1.29, 1.82) is 0 Å². The number of carbonyl (C=O) groups excluding carboxylic acids is 6. The molecule has 0 aliphatic carbocycles. The molecule has 0 saturated carbocycles. The first-order chi connectivity index (χ1) is 7.93. The van der Waals surface area contributed by atoms with E-state index in [4.69, 9.17) is 44.1 Å². The van der Waals surface area contributed by atoms with Gasteiger partial charge in [-0.2, -0.15) is 13.2 Å². The molecule has 19 heavy (non-hydrogen) atoms. The van der Waals surface area contributed by atoms with Gasteiger partial charge in [0.25, 0.3) is 0 Å². The fraction of sp³-hybridized carbons (Fsp3) is 0. The first-order valence-corrected chi connectivity index (χ1v) is 3.15. The summed E-state index contributed by atoms with van der Waals surface area (Å²) < 4.78 is 31.6. The van der Waals surface area contributed by atoms with E-state index in [1.165, 1.54) is 0 Å². The van der Waals surface area contributed by atoms with Crippen molar-refractivity contribution < 1.29 is 57.3 Å². The van der Waals surface area contributed by atoms with Crippen LogP contribution in [-0.4, -0.2) is 60.4 Å². The Hall–Kier alpha value is -1.97. The number of carboxylic acids is 3. The largest absolute Gasteiger partial charge is 3.00 e. The number of rotatable bonds is 3. The van der Waals surface area contributed by atoms with Crippen LogP contribution in [-0.2, 0) is 28.8 Å². The first-order valence-electron chi connectivity index (χ1n) is 3.15. The third-order valence-electron chi connectivity index (χ3n) is 0.481. The van der Waals surface area contributed by atoms with Crippen LogP contribution in [0.25, 0.3) is 0 Å². The van der Waals surface area contributed by atoms with Gasteiger partial charge in [-0.3, -0.25) is 14.4 Å². The Kier molecular flexibility index (Phi) is 19.1. The molecular formula is C6F3O9Sb. The molecule has 0 amide bonds. The second kappa shape index (κ2) is 14.1. The summed E-state index contributed by atoms with van der Waals surface area (Å²) in [6.45, 7) is 0. The van der Waals surface area contributed by atoms with Crippen LogP contribution in [0.3, 0.4) is 0 Å². The van der Waals surface area contributed by atoms with Gasteiger partial charge in [-0.15, -0.1) is 0 Å². The molecule has 0 saturated heterocycles. The Balaban J connectivity index is -0.0000000865. The second-order valence-corrected chi connectivity index (χ2v) is 1.68. The fourth-order valence-electron chi connectivity index (χ4n) is 0. The number of carboxylic acid groups (broad SMARTS) is 3. The van der Waals surface area contributed by atoms with Gasteiger partial charge >= 0.3 is 42.5 Å². The van der Waals surface area contributed by atoms with Gasteiger partial charge in [-0.1, -0.05) is 0 Å². The van der Waals surface area contributed by atoms with Crippen LogP contribution in [0.2, 0.25) is 0 Å². The van der Waals surface area contributed by atoms with E-state index in [0.717, 1.165) is 0 Å². The molecule has 0 N–H and O–H groups in total. The van der Waals surface area contributed by atoms with Crippen molar-refractivity contribution in [3.8, 4) is 0 Å². The van der Waals surface area contributed by atoms with Crippen molar-refractivity contribution in [2.24, 2.45) is 0 Å². The molecule has 0 aromatic heterocycles. The maximum absolute atomic E-state index is 10.5. The van der Waals surface area contributed by atoms with Gasteiger partial charge in [-0.05, 0) is 0 Å². The third kappa shape index (κ3) is 31.4. The average molecular weight is 395 g/mol. The van der Waals surface area contributed by atoms with E-state index in [-0.39, 0.29) is 24.4 Å². The standard InChI is InChI=1S/3C2HFO3.Sb/c3*3-1(4)2(5)6;/h3*(H,5,6);/q;;;+3/p-3. The molecule has 104 valence electrons. The van der Waals surface area contributed by atoms with Crippen molar-refractivity contribution in [3.05, 3.63) is 0 Å². The smallest absolute Gasteiger partial charge is 0.540 e. The van der Waals surface area contributed by atoms with E-state index in [1.54, 1.807) is 0 Å². The molecule has 0 spiro atoms. The number of carbonyl (C=O) groups is 6. The van der Waals surface area contributed by atoms with Crippen molar-refractivity contribution in [1.82, 2.24) is 0 Å². The molecule has 0 rings (SSSR count). The molecule has 0 aromatic rings. The van der Waals surface area contributed by atoms with Gasteiger partial charge < -0.3 is 29.7 Å². The summed E-state index contributed by atoms with van der Waals surface area (Å²) in [4.78, 5) is 53.0. The Labute approximate surface area is 118 Å². The molecule has 0 aliphatic heterocycles. The van der Waals surface area contributed by atoms with E-state index >= 15 is 0 Å². The minimum Gasteiger partial charge on any atom is -0.540 e. The van der Waals surface area contributed by atoms with Crippen LogP contribution in [0.4, 0.5) is 13.2 Å². The van der Waals surface area contributed by atoms with Crippen LogP contribution in [0, 0.1) is 0 Å². The van der Waals surface area contributed by atoms with Crippen molar-refractivity contribution in [3.63, 3.8) is 0 Å². The van der Waals surface area contributed by atoms with E-state index < -0.39 is 36.0 Å². The van der Waals surface area contributed by atoms with Gasteiger partial charge in [0.15, 0.2) is 0 Å². The van der Waals surface area contributed by atoms with Gasteiger partial charge in [0, 0.05) is 0 Å². The average Bonchev–Trinajstić information content (AvgIpc) is 2.18. The summed E-state index contributed by atoms with van der Waals surface area (Å²) in [7, 11) is 0. The van der Waals surface area contributed by atoms with E-state index in [2.05, 4.69) is 0 Å².